The van der Waals surface area contributed by atoms with Crippen molar-refractivity contribution in [3.05, 3.63) is 29.6 Å². The van der Waals surface area contributed by atoms with Crippen molar-refractivity contribution < 1.29 is 17.7 Å². The van der Waals surface area contributed by atoms with Gasteiger partial charge in [0, 0.05) is 11.5 Å². The van der Waals surface area contributed by atoms with E-state index in [4.69, 9.17) is 9.29 Å². The summed E-state index contributed by atoms with van der Waals surface area (Å²) in [6, 6.07) is 0. The molecule has 2 rings (SSSR count). The molecule has 0 amide bonds. The van der Waals surface area contributed by atoms with Gasteiger partial charge >= 0.3 is 0 Å². The largest absolute Gasteiger partial charge is 0.376 e. The lowest BCUT2D eigenvalue weighted by Crippen LogP contribution is -2.05. The van der Waals surface area contributed by atoms with Gasteiger partial charge in [0.15, 0.2) is 0 Å². The first kappa shape index (κ1) is 16.9. The van der Waals surface area contributed by atoms with Gasteiger partial charge in [0.05, 0.1) is 20.8 Å². The summed E-state index contributed by atoms with van der Waals surface area (Å²) < 4.78 is 37.8. The van der Waals surface area contributed by atoms with Gasteiger partial charge in [-0.25, -0.2) is 0 Å². The quantitative estimate of drug-likeness (QED) is 0.531. The molecule has 2 aliphatic heterocycles. The van der Waals surface area contributed by atoms with Gasteiger partial charge in [-0.15, -0.1) is 0 Å². The van der Waals surface area contributed by atoms with Gasteiger partial charge in [0.25, 0.3) is 10.1 Å². The van der Waals surface area contributed by atoms with Crippen molar-refractivity contribution in [2.24, 2.45) is 0 Å². The molecule has 9 heteroatoms. The zero-order chi connectivity index (χ0) is 14.4. The summed E-state index contributed by atoms with van der Waals surface area (Å²) in [5.74, 6) is -0.193. The Bertz CT molecular complexity index is 525. The van der Waals surface area contributed by atoms with Gasteiger partial charge in [-0.05, 0) is 29.1 Å². The Morgan fingerprint density at radius 1 is 1.10 bits per heavy atom. The highest BCUT2D eigenvalue weighted by molar-refractivity contribution is 8.33. The van der Waals surface area contributed by atoms with Crippen LogP contribution in [0.2, 0.25) is 0 Å². The third kappa shape index (κ3) is 6.08. The summed E-state index contributed by atoms with van der Waals surface area (Å²) in [5.41, 5.74) is 0. The lowest BCUT2D eigenvalue weighted by atomic mass is 10.4. The van der Waals surface area contributed by atoms with E-state index in [-0.39, 0.29) is 5.75 Å². The number of rotatable bonds is 7. The minimum atomic E-state index is -3.83. The van der Waals surface area contributed by atoms with E-state index in [0.717, 1.165) is 0 Å². The lowest BCUT2D eigenvalue weighted by Gasteiger charge is -2.04. The molecule has 0 aromatic heterocycles. The normalized spacial score (nSPS) is 18.9. The highest BCUT2D eigenvalue weighted by Crippen LogP contribution is 2.53. The van der Waals surface area contributed by atoms with E-state index < -0.39 is 10.1 Å². The molecular weight excluding hydrogens is 356 g/mol. The monoisotopic (exact) mass is 370 g/mol. The first-order valence-corrected chi connectivity index (χ1v) is 10.9. The summed E-state index contributed by atoms with van der Waals surface area (Å²) in [6.07, 6.45) is 1.06. The minimum absolute atomic E-state index is 0.193. The molecule has 112 valence electrons. The van der Waals surface area contributed by atoms with Gasteiger partial charge in [0.2, 0.25) is 0 Å². The molecule has 0 aromatic rings. The molecule has 20 heavy (non-hydrogen) atoms. The van der Waals surface area contributed by atoms with Crippen LogP contribution in [0.5, 0.6) is 0 Å². The summed E-state index contributed by atoms with van der Waals surface area (Å²) in [6.45, 7) is 1.07. The van der Waals surface area contributed by atoms with Crippen molar-refractivity contribution in [1.82, 2.24) is 0 Å². The molecule has 0 radical (unpaired) electrons. The summed E-state index contributed by atoms with van der Waals surface area (Å²) in [7, 11) is -3.83. The van der Waals surface area contributed by atoms with Gasteiger partial charge < -0.3 is 4.74 Å². The smallest absolute Gasteiger partial charge is 0.264 e. The zero-order valence-corrected chi connectivity index (χ0v) is 14.6. The maximum Gasteiger partial charge on any atom is 0.264 e. The Labute approximate surface area is 136 Å². The second kappa shape index (κ2) is 8.21. The Morgan fingerprint density at radius 3 is 2.55 bits per heavy atom. The summed E-state index contributed by atoms with van der Waals surface area (Å²) in [5, 5.41) is 6.26. The molecule has 1 N–H and O–H groups in total. The van der Waals surface area contributed by atoms with Gasteiger partial charge in [-0.3, -0.25) is 4.55 Å². The van der Waals surface area contributed by atoms with Crippen LogP contribution in [0.25, 0.3) is 0 Å². The van der Waals surface area contributed by atoms with E-state index >= 15 is 0 Å². The average Bonchev–Trinajstić information content (AvgIpc) is 3.02. The van der Waals surface area contributed by atoms with Crippen LogP contribution in [0.1, 0.15) is 12.8 Å². The number of hydrogen-bond acceptors (Lipinski definition) is 7. The molecule has 0 saturated carbocycles. The zero-order valence-electron chi connectivity index (χ0n) is 10.5. The second-order valence-electron chi connectivity index (χ2n) is 3.93. The fraction of sp³-hybridized carbons (Fsp3) is 0.455. The molecule has 0 unspecified atom stereocenters. The van der Waals surface area contributed by atoms with E-state index in [9.17, 15) is 8.42 Å². The maximum absolute atomic E-state index is 10.5. The molecule has 0 fully saturated rings. The fourth-order valence-electron chi connectivity index (χ4n) is 1.40. The van der Waals surface area contributed by atoms with E-state index in [1.807, 2.05) is 0 Å². The van der Waals surface area contributed by atoms with Crippen molar-refractivity contribution in [3.63, 3.8) is 0 Å². The second-order valence-corrected chi connectivity index (χ2v) is 9.87. The highest BCUT2D eigenvalue weighted by Gasteiger charge is 2.18. The van der Waals surface area contributed by atoms with Crippen molar-refractivity contribution in [3.8, 4) is 0 Å². The van der Waals surface area contributed by atoms with Crippen LogP contribution in [0.3, 0.4) is 0 Å². The lowest BCUT2D eigenvalue weighted by molar-refractivity contribution is 0.157. The highest BCUT2D eigenvalue weighted by atomic mass is 32.2. The summed E-state index contributed by atoms with van der Waals surface area (Å²) in [4.78, 5) is 1.18. The molecule has 0 bridgehead atoms. The fourth-order valence-corrected chi connectivity index (χ4v) is 6.39. The number of ether oxygens (including phenoxy) is 1. The van der Waals surface area contributed by atoms with Crippen molar-refractivity contribution in [2.75, 3.05) is 19.0 Å². The van der Waals surface area contributed by atoms with Crippen LogP contribution < -0.4 is 0 Å². The molecule has 2 heterocycles. The standard InChI is InChI=1S/C11H14O4S5/c12-20(13,14)6-2-1-3-15-7-9-8-18-11(19-9)10-16-4-5-17-10/h4-5,8H,1-3,6-7H2,(H,12,13,14). The molecule has 0 aliphatic carbocycles. The van der Waals surface area contributed by atoms with Crippen molar-refractivity contribution in [1.29, 1.82) is 0 Å². The van der Waals surface area contributed by atoms with E-state index in [1.54, 1.807) is 47.0 Å². The maximum atomic E-state index is 10.5. The predicted molar refractivity (Wildman–Crippen MR) is 91.1 cm³/mol. The summed E-state index contributed by atoms with van der Waals surface area (Å²) >= 11 is 6.95. The van der Waals surface area contributed by atoms with Gasteiger partial charge in [-0.1, -0.05) is 47.0 Å². The van der Waals surface area contributed by atoms with Crippen LogP contribution >= 0.6 is 47.0 Å². The van der Waals surface area contributed by atoms with Crippen molar-refractivity contribution >= 4 is 57.2 Å². The van der Waals surface area contributed by atoms with Crippen LogP contribution in [0.4, 0.5) is 0 Å². The Hall–Kier alpha value is 0.490. The average molecular weight is 371 g/mol. The van der Waals surface area contributed by atoms with Crippen LogP contribution in [-0.4, -0.2) is 31.9 Å². The molecule has 0 atom stereocenters. The Balaban J connectivity index is 1.58. The van der Waals surface area contributed by atoms with Crippen LogP contribution in [0.15, 0.2) is 29.6 Å². The third-order valence-electron chi connectivity index (χ3n) is 2.28. The SMILES string of the molecule is O=S(=O)(O)CCCCOCC1=CSC(=C2SC=CS2)S1. The predicted octanol–water partition coefficient (Wildman–Crippen LogP) is 4.07. The topological polar surface area (TPSA) is 63.6 Å². The Kier molecular flexibility index (Phi) is 6.92. The van der Waals surface area contributed by atoms with Gasteiger partial charge in [0.1, 0.15) is 0 Å². The molecule has 0 aromatic carbocycles. The first-order valence-electron chi connectivity index (χ1n) is 5.84. The van der Waals surface area contributed by atoms with E-state index in [0.29, 0.717) is 26.1 Å². The molecule has 4 nitrogen and oxygen atoms in total. The first-order chi connectivity index (χ1) is 9.54. The Morgan fingerprint density at radius 2 is 1.85 bits per heavy atom. The minimum Gasteiger partial charge on any atom is -0.376 e. The number of hydrogen-bond donors (Lipinski definition) is 1. The van der Waals surface area contributed by atoms with Gasteiger partial charge in [-0.2, -0.15) is 8.42 Å². The molecule has 2 aliphatic rings. The van der Waals surface area contributed by atoms with Crippen molar-refractivity contribution in [2.45, 2.75) is 12.8 Å². The van der Waals surface area contributed by atoms with E-state index in [1.165, 1.54) is 13.4 Å². The number of unbranched alkanes of at least 4 members (excludes halogenated alkanes) is 1. The molecular formula is C11H14O4S5. The van der Waals surface area contributed by atoms with E-state index in [2.05, 4.69) is 16.2 Å². The number of thioether (sulfide) groups is 4. The molecule has 0 saturated heterocycles. The van der Waals surface area contributed by atoms with Crippen LogP contribution in [0, 0.1) is 0 Å². The van der Waals surface area contributed by atoms with Crippen LogP contribution in [-0.2, 0) is 14.9 Å². The third-order valence-corrected chi connectivity index (χ3v) is 8.13. The molecule has 0 spiro atoms.